The first-order valence-corrected chi connectivity index (χ1v) is 10.7. The quantitative estimate of drug-likeness (QED) is 0.267. The molecule has 0 fully saturated rings. The van der Waals surface area contributed by atoms with Gasteiger partial charge in [0.2, 0.25) is 0 Å². The van der Waals surface area contributed by atoms with Crippen molar-refractivity contribution in [2.75, 3.05) is 5.73 Å². The van der Waals surface area contributed by atoms with Crippen LogP contribution in [0.5, 0.6) is 0 Å². The van der Waals surface area contributed by atoms with Crippen molar-refractivity contribution in [2.45, 2.75) is 104 Å². The van der Waals surface area contributed by atoms with E-state index in [1.807, 2.05) is 6.07 Å². The first-order valence-electron chi connectivity index (χ1n) is 10.7. The summed E-state index contributed by atoms with van der Waals surface area (Å²) < 4.78 is 0. The minimum Gasteiger partial charge on any atom is -0.478 e. The van der Waals surface area contributed by atoms with Gasteiger partial charge in [-0.1, -0.05) is 84.1 Å². The van der Waals surface area contributed by atoms with Gasteiger partial charge in [-0.15, -0.1) is 0 Å². The smallest absolute Gasteiger partial charge is 0.337 e. The summed E-state index contributed by atoms with van der Waals surface area (Å²) in [6.45, 7) is 4.47. The van der Waals surface area contributed by atoms with Crippen LogP contribution in [0.4, 0.5) is 5.69 Å². The van der Waals surface area contributed by atoms with Gasteiger partial charge in [-0.05, 0) is 42.9 Å². The Labute approximate surface area is 160 Å². The van der Waals surface area contributed by atoms with Gasteiger partial charge in [0.15, 0.2) is 0 Å². The van der Waals surface area contributed by atoms with Gasteiger partial charge in [-0.3, -0.25) is 0 Å². The molecule has 0 aromatic heterocycles. The van der Waals surface area contributed by atoms with E-state index in [9.17, 15) is 9.90 Å². The number of aryl methyl sites for hydroxylation is 1. The molecule has 26 heavy (non-hydrogen) atoms. The molecule has 1 aromatic carbocycles. The van der Waals surface area contributed by atoms with Crippen molar-refractivity contribution in [1.82, 2.24) is 0 Å². The lowest BCUT2D eigenvalue weighted by Gasteiger charge is -2.15. The van der Waals surface area contributed by atoms with Crippen LogP contribution in [0, 0.1) is 0 Å². The number of aromatic carboxylic acids is 1. The molecule has 0 radical (unpaired) electrons. The fraction of sp³-hybridized carbons (Fsp3) is 0.696. The van der Waals surface area contributed by atoms with Crippen molar-refractivity contribution in [1.29, 1.82) is 0 Å². The summed E-state index contributed by atoms with van der Waals surface area (Å²) in [5, 5.41) is 9.37. The second-order valence-electron chi connectivity index (χ2n) is 7.51. The number of carbonyl (C=O) groups is 1. The van der Waals surface area contributed by atoms with Gasteiger partial charge in [-0.25, -0.2) is 4.79 Å². The van der Waals surface area contributed by atoms with Crippen LogP contribution in [-0.2, 0) is 12.8 Å². The van der Waals surface area contributed by atoms with E-state index >= 15 is 0 Å². The normalized spacial score (nSPS) is 11.0. The molecule has 0 aliphatic carbocycles. The number of nitrogens with two attached hydrogens (primary N) is 1. The maximum atomic E-state index is 11.4. The predicted molar refractivity (Wildman–Crippen MR) is 112 cm³/mol. The highest BCUT2D eigenvalue weighted by atomic mass is 16.4. The lowest BCUT2D eigenvalue weighted by Crippen LogP contribution is -2.09. The molecule has 0 amide bonds. The largest absolute Gasteiger partial charge is 0.478 e. The first kappa shape index (κ1) is 22.5. The van der Waals surface area contributed by atoms with E-state index in [4.69, 9.17) is 5.73 Å². The van der Waals surface area contributed by atoms with Gasteiger partial charge in [0.25, 0.3) is 0 Å². The minimum atomic E-state index is -0.919. The molecule has 0 bridgehead atoms. The third kappa shape index (κ3) is 8.25. The summed E-state index contributed by atoms with van der Waals surface area (Å²) in [6.07, 6.45) is 17.0. The van der Waals surface area contributed by atoms with Crippen molar-refractivity contribution >= 4 is 11.7 Å². The van der Waals surface area contributed by atoms with E-state index in [1.54, 1.807) is 6.07 Å². The van der Waals surface area contributed by atoms with E-state index in [1.165, 1.54) is 76.2 Å². The summed E-state index contributed by atoms with van der Waals surface area (Å²) in [4.78, 5) is 11.4. The highest BCUT2D eigenvalue weighted by Gasteiger charge is 2.15. The molecule has 3 heteroatoms. The van der Waals surface area contributed by atoms with Gasteiger partial charge in [0, 0.05) is 5.69 Å². The number of anilines is 1. The molecule has 0 saturated carbocycles. The summed E-state index contributed by atoms with van der Waals surface area (Å²) in [7, 11) is 0. The molecular formula is C23H39NO2. The molecule has 148 valence electrons. The molecule has 1 rings (SSSR count). The third-order valence-corrected chi connectivity index (χ3v) is 5.26. The average Bonchev–Trinajstić information content (AvgIpc) is 2.62. The predicted octanol–water partition coefficient (Wildman–Crippen LogP) is 6.77. The van der Waals surface area contributed by atoms with Crippen molar-refractivity contribution in [3.05, 3.63) is 28.8 Å². The van der Waals surface area contributed by atoms with Crippen LogP contribution in [0.3, 0.4) is 0 Å². The van der Waals surface area contributed by atoms with E-state index in [-0.39, 0.29) is 5.56 Å². The van der Waals surface area contributed by atoms with E-state index in [0.29, 0.717) is 5.69 Å². The second kappa shape index (κ2) is 13.7. The van der Waals surface area contributed by atoms with E-state index in [2.05, 4.69) is 13.8 Å². The Kier molecular flexibility index (Phi) is 11.8. The zero-order valence-electron chi connectivity index (χ0n) is 17.0. The monoisotopic (exact) mass is 361 g/mol. The molecule has 0 spiro atoms. The third-order valence-electron chi connectivity index (χ3n) is 5.26. The van der Waals surface area contributed by atoms with Crippen LogP contribution in [0.25, 0.3) is 0 Å². The van der Waals surface area contributed by atoms with Crippen LogP contribution in [-0.4, -0.2) is 11.1 Å². The van der Waals surface area contributed by atoms with E-state index in [0.717, 1.165) is 24.8 Å². The summed E-state index contributed by atoms with van der Waals surface area (Å²) in [5.41, 5.74) is 9.35. The fourth-order valence-electron chi connectivity index (χ4n) is 3.60. The fourth-order valence-corrected chi connectivity index (χ4v) is 3.60. The molecule has 3 nitrogen and oxygen atoms in total. The minimum absolute atomic E-state index is 0.262. The molecule has 0 heterocycles. The number of rotatable bonds is 15. The molecule has 1 aromatic rings. The number of benzene rings is 1. The number of hydrogen-bond acceptors (Lipinski definition) is 2. The number of carboxylic acids is 1. The Bertz CT molecular complexity index is 525. The Morgan fingerprint density at radius 1 is 0.808 bits per heavy atom. The van der Waals surface area contributed by atoms with Crippen LogP contribution >= 0.6 is 0 Å². The van der Waals surface area contributed by atoms with Crippen LogP contribution in [0.2, 0.25) is 0 Å². The van der Waals surface area contributed by atoms with Gasteiger partial charge in [-0.2, -0.15) is 0 Å². The summed E-state index contributed by atoms with van der Waals surface area (Å²) in [6, 6.07) is 3.69. The molecule has 3 N–H and O–H groups in total. The molecule has 0 aliphatic rings. The highest BCUT2D eigenvalue weighted by molar-refractivity contribution is 5.94. The number of hydrogen-bond donors (Lipinski definition) is 2. The number of nitrogen functional groups attached to an aromatic ring is 1. The van der Waals surface area contributed by atoms with Crippen LogP contribution in [0.15, 0.2) is 12.1 Å². The Balaban J connectivity index is 2.63. The lowest BCUT2D eigenvalue weighted by molar-refractivity contribution is 0.0698. The second-order valence-corrected chi connectivity index (χ2v) is 7.51. The highest BCUT2D eigenvalue weighted by Crippen LogP contribution is 2.26. The Morgan fingerprint density at radius 3 is 1.85 bits per heavy atom. The Morgan fingerprint density at radius 2 is 1.31 bits per heavy atom. The summed E-state index contributed by atoms with van der Waals surface area (Å²) >= 11 is 0. The molecule has 0 unspecified atom stereocenters. The van der Waals surface area contributed by atoms with Gasteiger partial charge in [0.05, 0.1) is 5.56 Å². The van der Waals surface area contributed by atoms with Gasteiger partial charge in [0.1, 0.15) is 0 Å². The lowest BCUT2D eigenvalue weighted by atomic mass is 9.92. The van der Waals surface area contributed by atoms with Crippen molar-refractivity contribution < 1.29 is 9.90 Å². The molecular weight excluding hydrogens is 322 g/mol. The molecule has 0 atom stereocenters. The number of carboxylic acid groups (broad SMARTS) is 1. The van der Waals surface area contributed by atoms with Gasteiger partial charge >= 0.3 is 5.97 Å². The molecule has 0 saturated heterocycles. The summed E-state index contributed by atoms with van der Waals surface area (Å²) in [5.74, 6) is -0.919. The zero-order valence-corrected chi connectivity index (χ0v) is 17.0. The Hall–Kier alpha value is -1.51. The zero-order chi connectivity index (χ0) is 19.2. The molecule has 0 aliphatic heterocycles. The standard InChI is InChI=1S/C23H39NO2/c1-3-5-7-9-11-13-15-19-17-18-21(23(25)26)22(24)20(19)16-14-12-10-8-6-4-2/h17-18H,3-16,24H2,1-2H3,(H,25,26). The first-order chi connectivity index (χ1) is 12.6. The van der Waals surface area contributed by atoms with Gasteiger partial charge < -0.3 is 10.8 Å². The number of unbranched alkanes of at least 4 members (excludes halogenated alkanes) is 10. The SMILES string of the molecule is CCCCCCCCc1ccc(C(=O)O)c(N)c1CCCCCCCC. The van der Waals surface area contributed by atoms with Crippen LogP contribution in [0.1, 0.15) is 112 Å². The van der Waals surface area contributed by atoms with Crippen molar-refractivity contribution in [3.8, 4) is 0 Å². The van der Waals surface area contributed by atoms with Crippen LogP contribution < -0.4 is 5.73 Å². The average molecular weight is 362 g/mol. The maximum Gasteiger partial charge on any atom is 0.337 e. The van der Waals surface area contributed by atoms with Crippen molar-refractivity contribution in [2.24, 2.45) is 0 Å². The maximum absolute atomic E-state index is 11.4. The van der Waals surface area contributed by atoms with Crippen molar-refractivity contribution in [3.63, 3.8) is 0 Å². The van der Waals surface area contributed by atoms with E-state index < -0.39 is 5.97 Å². The topological polar surface area (TPSA) is 63.3 Å².